The largest absolute Gasteiger partial charge is 0.508 e. The summed E-state index contributed by atoms with van der Waals surface area (Å²) in [5.74, 6) is 0.322. The molecule has 0 aromatic heterocycles. The number of hydrogen-bond acceptors (Lipinski definition) is 3. The van der Waals surface area contributed by atoms with Gasteiger partial charge in [-0.15, -0.1) is 0 Å². The molecule has 4 heteroatoms. The Labute approximate surface area is 129 Å². The lowest BCUT2D eigenvalue weighted by molar-refractivity contribution is 0.475. The van der Waals surface area contributed by atoms with E-state index in [1.165, 1.54) is 12.8 Å². The van der Waals surface area contributed by atoms with Gasteiger partial charge in [-0.1, -0.05) is 72.6 Å². The second kappa shape index (κ2) is 36.2. The van der Waals surface area contributed by atoms with Gasteiger partial charge in [0.2, 0.25) is 0 Å². The molecule has 122 valence electrons. The fourth-order valence-corrected chi connectivity index (χ4v) is 0.803. The minimum absolute atomic E-state index is 0.322. The van der Waals surface area contributed by atoms with Crippen LogP contribution < -0.4 is 10.2 Å². The van der Waals surface area contributed by atoms with E-state index in [0.29, 0.717) is 14.6 Å². The predicted octanol–water partition coefficient (Wildman–Crippen LogP) is 5.18. The molecule has 0 amide bonds. The normalized spacial score (nSPS) is 7.20. The van der Waals surface area contributed by atoms with Crippen LogP contribution >= 0.6 is 8.88 Å². The van der Waals surface area contributed by atoms with Crippen molar-refractivity contribution in [2.45, 2.75) is 54.4 Å². The van der Waals surface area contributed by atoms with Gasteiger partial charge in [0, 0.05) is 8.88 Å². The predicted molar refractivity (Wildman–Crippen MR) is 97.8 cm³/mol. The third-order valence-electron chi connectivity index (χ3n) is 1.01. The van der Waals surface area contributed by atoms with Crippen molar-refractivity contribution >= 4 is 8.88 Å². The molecule has 1 aromatic rings. The quantitative estimate of drug-likeness (QED) is 0.659. The van der Waals surface area contributed by atoms with Crippen LogP contribution in [0.4, 0.5) is 0 Å². The lowest BCUT2D eigenvalue weighted by atomic mass is 10.3. The summed E-state index contributed by atoms with van der Waals surface area (Å²) < 4.78 is 0. The van der Waals surface area contributed by atoms with Crippen molar-refractivity contribution in [3.63, 3.8) is 0 Å². The van der Waals surface area contributed by atoms with E-state index in [-0.39, 0.29) is 0 Å². The Morgan fingerprint density at radius 3 is 1.25 bits per heavy atom. The smallest absolute Gasteiger partial charge is 0.115 e. The molecule has 0 bridgehead atoms. The van der Waals surface area contributed by atoms with Gasteiger partial charge in [-0.3, -0.25) is 10.2 Å². The van der Waals surface area contributed by atoms with Crippen LogP contribution in [0.15, 0.2) is 30.3 Å². The van der Waals surface area contributed by atoms with Crippen LogP contribution in [0.1, 0.15) is 54.4 Å². The van der Waals surface area contributed by atoms with E-state index in [1.807, 2.05) is 34.0 Å². The van der Waals surface area contributed by atoms with Crippen LogP contribution in [-0.2, 0) is 0 Å². The van der Waals surface area contributed by atoms with Gasteiger partial charge in [-0.2, -0.15) is 0 Å². The van der Waals surface area contributed by atoms with Gasteiger partial charge in [-0.25, -0.2) is 0 Å². The summed E-state index contributed by atoms with van der Waals surface area (Å²) in [4.78, 5) is 0. The van der Waals surface area contributed by atoms with Gasteiger partial charge in [0.1, 0.15) is 5.75 Å². The molecule has 1 aromatic carbocycles. The average molecular weight is 304 g/mol. The molecule has 0 aliphatic rings. The fourth-order valence-electron chi connectivity index (χ4n) is 0.553. The van der Waals surface area contributed by atoms with E-state index >= 15 is 0 Å². The number of aromatic hydroxyl groups is 1. The van der Waals surface area contributed by atoms with Crippen molar-refractivity contribution in [1.82, 2.24) is 10.2 Å². The van der Waals surface area contributed by atoms with Crippen LogP contribution in [0.5, 0.6) is 5.75 Å². The number of benzene rings is 1. The molecule has 3 nitrogen and oxygen atoms in total. The van der Waals surface area contributed by atoms with E-state index in [9.17, 15) is 0 Å². The number of phenolic OH excluding ortho intramolecular Hbond substituents is 1. The van der Waals surface area contributed by atoms with Crippen LogP contribution in [0.25, 0.3) is 0 Å². The molecular formula is C16H37N2OP. The van der Waals surface area contributed by atoms with Crippen LogP contribution in [-0.4, -0.2) is 19.2 Å². The molecule has 0 fully saturated rings. The van der Waals surface area contributed by atoms with Gasteiger partial charge in [0.05, 0.1) is 0 Å². The van der Waals surface area contributed by atoms with Crippen molar-refractivity contribution in [3.8, 4) is 5.75 Å². The maximum atomic E-state index is 8.63. The summed E-state index contributed by atoms with van der Waals surface area (Å²) in [5.41, 5.74) is 0. The minimum Gasteiger partial charge on any atom is -0.508 e. The van der Waals surface area contributed by atoms with Crippen molar-refractivity contribution in [2.24, 2.45) is 0 Å². The third-order valence-corrected chi connectivity index (χ3v) is 1.51. The summed E-state index contributed by atoms with van der Waals surface area (Å²) in [6.45, 7) is 12.5. The fraction of sp³-hybridized carbons (Fsp3) is 0.625. The Hall–Kier alpha value is -0.630. The molecule has 0 aliphatic carbocycles. The van der Waals surface area contributed by atoms with Gasteiger partial charge >= 0.3 is 0 Å². The van der Waals surface area contributed by atoms with E-state index in [2.05, 4.69) is 37.9 Å². The second-order valence-corrected chi connectivity index (χ2v) is 4.62. The molecule has 0 saturated heterocycles. The van der Waals surface area contributed by atoms with E-state index < -0.39 is 0 Å². The summed E-state index contributed by atoms with van der Waals surface area (Å²) >= 11 is 0. The molecular weight excluding hydrogens is 267 g/mol. The maximum absolute atomic E-state index is 8.63. The Morgan fingerprint density at radius 1 is 0.850 bits per heavy atom. The summed E-state index contributed by atoms with van der Waals surface area (Å²) in [6.07, 6.45) is 2.50. The average Bonchev–Trinajstić information content (AvgIpc) is 2.45. The first kappa shape index (κ1) is 27.7. The minimum atomic E-state index is 0.322. The Bertz CT molecular complexity index is 205. The maximum Gasteiger partial charge on any atom is 0.115 e. The first-order valence-electron chi connectivity index (χ1n) is 7.46. The van der Waals surface area contributed by atoms with Gasteiger partial charge < -0.3 is 5.11 Å². The molecule has 0 saturated carbocycles. The number of nitrogens with one attached hydrogen (secondary N) is 2. The van der Waals surface area contributed by atoms with Gasteiger partial charge in [0.15, 0.2) is 0 Å². The van der Waals surface area contributed by atoms with Crippen molar-refractivity contribution in [1.29, 1.82) is 0 Å². The first-order chi connectivity index (χ1) is 9.64. The molecule has 0 heterocycles. The second-order valence-electron chi connectivity index (χ2n) is 3.37. The van der Waals surface area contributed by atoms with Gasteiger partial charge in [-0.05, 0) is 26.2 Å². The number of hydrogen-bond donors (Lipinski definition) is 3. The summed E-state index contributed by atoms with van der Waals surface area (Å²) in [7, 11) is 4.52. The molecule has 1 rings (SSSR count). The van der Waals surface area contributed by atoms with Crippen LogP contribution in [0.2, 0.25) is 0 Å². The highest BCUT2D eigenvalue weighted by molar-refractivity contribution is 7.33. The molecule has 0 atom stereocenters. The molecule has 3 N–H and O–H groups in total. The standard InChI is InChI=1S/C6H6O.2C3H8.C2H9N2P.C2H6/c7-6-4-2-1-3-5-6;2*1-3-2;1-3-5-4-2;1-2/h1-5,7H;2*3H2,1-2H3;3-5H,1-2H3;1-2H3. The highest BCUT2D eigenvalue weighted by Crippen LogP contribution is 2.02. The summed E-state index contributed by atoms with van der Waals surface area (Å²) in [6, 6.07) is 8.71. The van der Waals surface area contributed by atoms with E-state index in [1.54, 1.807) is 24.3 Å². The topological polar surface area (TPSA) is 44.3 Å². The van der Waals surface area contributed by atoms with Crippen molar-refractivity contribution in [3.05, 3.63) is 30.3 Å². The molecule has 20 heavy (non-hydrogen) atoms. The SMILES string of the molecule is CC.CCC.CCC.CNPNC.Oc1ccccc1. The zero-order valence-electron chi connectivity index (χ0n) is 14.7. The zero-order valence-corrected chi connectivity index (χ0v) is 15.7. The number of rotatable bonds is 2. The van der Waals surface area contributed by atoms with Crippen LogP contribution in [0, 0.1) is 0 Å². The molecule has 0 spiro atoms. The Kier molecular flexibility index (Phi) is 50.1. The molecule has 0 unspecified atom stereocenters. The molecule has 0 aliphatic heterocycles. The number of phenols is 1. The highest BCUT2D eigenvalue weighted by atomic mass is 31.1. The highest BCUT2D eigenvalue weighted by Gasteiger charge is 1.74. The Balaban J connectivity index is -0.0000000877. The zero-order chi connectivity index (χ0) is 16.6. The Morgan fingerprint density at radius 2 is 1.15 bits per heavy atom. The number of para-hydroxylation sites is 1. The van der Waals surface area contributed by atoms with Gasteiger partial charge in [0.25, 0.3) is 0 Å². The molecule has 0 radical (unpaired) electrons. The lowest BCUT2D eigenvalue weighted by Crippen LogP contribution is -1.98. The van der Waals surface area contributed by atoms with Crippen molar-refractivity contribution < 1.29 is 5.11 Å². The van der Waals surface area contributed by atoms with Crippen LogP contribution in [0.3, 0.4) is 0 Å². The van der Waals surface area contributed by atoms with Crippen molar-refractivity contribution in [2.75, 3.05) is 14.1 Å². The van der Waals surface area contributed by atoms with E-state index in [4.69, 9.17) is 5.11 Å². The first-order valence-corrected chi connectivity index (χ1v) is 8.46. The summed E-state index contributed by atoms with van der Waals surface area (Å²) in [5, 5.41) is 14.5. The monoisotopic (exact) mass is 304 g/mol. The van der Waals surface area contributed by atoms with E-state index in [0.717, 1.165) is 0 Å². The lowest BCUT2D eigenvalue weighted by Gasteiger charge is -1.88. The third kappa shape index (κ3) is 53.0.